The number of amides is 1. The van der Waals surface area contributed by atoms with Crippen molar-refractivity contribution in [2.45, 2.75) is 13.0 Å². The quantitative estimate of drug-likeness (QED) is 0.565. The molecule has 0 bridgehead atoms. The lowest BCUT2D eigenvalue weighted by Gasteiger charge is -2.29. The number of phenolic OH excluding ortho intramolecular Hbond substituents is 1. The topological polar surface area (TPSA) is 66.3 Å². The summed E-state index contributed by atoms with van der Waals surface area (Å²) in [5, 5.41) is 10.7. The number of para-hydroxylation sites is 1. The minimum atomic E-state index is -0.0252. The molecule has 5 rings (SSSR count). The van der Waals surface area contributed by atoms with Gasteiger partial charge >= 0.3 is 0 Å². The van der Waals surface area contributed by atoms with Gasteiger partial charge in [-0.1, -0.05) is 24.3 Å². The molecule has 0 spiro atoms. The summed E-state index contributed by atoms with van der Waals surface area (Å²) in [7, 11) is 0. The SMILES string of the molecule is O=C(c1cc(-c2cccnc2)nc2ccccc12)N1CCc2ccc(O)cc2C1. The predicted molar refractivity (Wildman–Crippen MR) is 112 cm³/mol. The zero-order valence-corrected chi connectivity index (χ0v) is 15.7. The Morgan fingerprint density at radius 2 is 1.90 bits per heavy atom. The van der Waals surface area contributed by atoms with Gasteiger partial charge in [-0.05, 0) is 53.9 Å². The largest absolute Gasteiger partial charge is 0.508 e. The third kappa shape index (κ3) is 3.21. The van der Waals surface area contributed by atoms with Crippen LogP contribution in [0.15, 0.2) is 73.1 Å². The van der Waals surface area contributed by atoms with Crippen molar-refractivity contribution in [3.8, 4) is 17.0 Å². The summed E-state index contributed by atoms with van der Waals surface area (Å²) in [5.74, 6) is 0.203. The van der Waals surface area contributed by atoms with Gasteiger partial charge in [-0.2, -0.15) is 0 Å². The van der Waals surface area contributed by atoms with Crippen LogP contribution in [0, 0.1) is 0 Å². The first-order valence-electron chi connectivity index (χ1n) is 9.59. The van der Waals surface area contributed by atoms with Gasteiger partial charge in [-0.25, -0.2) is 4.98 Å². The summed E-state index contributed by atoms with van der Waals surface area (Å²) in [6, 6.07) is 18.8. The Kier molecular flexibility index (Phi) is 4.21. The highest BCUT2D eigenvalue weighted by atomic mass is 16.3. The number of benzene rings is 2. The number of carbonyl (C=O) groups excluding carboxylic acids is 1. The molecule has 1 amide bonds. The predicted octanol–water partition coefficient (Wildman–Crippen LogP) is 4.20. The molecule has 5 nitrogen and oxygen atoms in total. The van der Waals surface area contributed by atoms with E-state index in [1.807, 2.05) is 53.4 Å². The Labute approximate surface area is 168 Å². The molecule has 0 radical (unpaired) electrons. The van der Waals surface area contributed by atoms with E-state index < -0.39 is 0 Å². The highest BCUT2D eigenvalue weighted by Crippen LogP contribution is 2.28. The normalized spacial score (nSPS) is 13.3. The molecular formula is C24H19N3O2. The van der Waals surface area contributed by atoms with Gasteiger partial charge in [-0.3, -0.25) is 9.78 Å². The Hall–Kier alpha value is -3.73. The maximum absolute atomic E-state index is 13.5. The number of rotatable bonds is 2. The van der Waals surface area contributed by atoms with Crippen LogP contribution in [0.25, 0.3) is 22.2 Å². The average molecular weight is 381 g/mol. The van der Waals surface area contributed by atoms with E-state index in [-0.39, 0.29) is 11.7 Å². The summed E-state index contributed by atoms with van der Waals surface area (Å²) in [5.41, 5.74) is 5.21. The molecule has 0 saturated carbocycles. The van der Waals surface area contributed by atoms with Crippen molar-refractivity contribution in [1.82, 2.24) is 14.9 Å². The number of pyridine rings is 2. The summed E-state index contributed by atoms with van der Waals surface area (Å²) in [6.45, 7) is 1.14. The minimum absolute atomic E-state index is 0.0252. The number of carbonyl (C=O) groups is 1. The van der Waals surface area contributed by atoms with Gasteiger partial charge < -0.3 is 10.0 Å². The molecule has 142 valence electrons. The molecule has 1 aliphatic rings. The Bertz CT molecular complexity index is 1220. The van der Waals surface area contributed by atoms with Gasteiger partial charge in [0.2, 0.25) is 0 Å². The van der Waals surface area contributed by atoms with E-state index in [1.54, 1.807) is 24.5 Å². The van der Waals surface area contributed by atoms with Crippen LogP contribution >= 0.6 is 0 Å². The number of aromatic nitrogens is 2. The van der Waals surface area contributed by atoms with Gasteiger partial charge in [0.15, 0.2) is 0 Å². The van der Waals surface area contributed by atoms with Gasteiger partial charge in [0, 0.05) is 36.4 Å². The second kappa shape index (κ2) is 7.02. The molecule has 0 saturated heterocycles. The molecule has 29 heavy (non-hydrogen) atoms. The molecule has 5 heteroatoms. The van der Waals surface area contributed by atoms with Gasteiger partial charge in [0.1, 0.15) is 5.75 Å². The summed E-state index contributed by atoms with van der Waals surface area (Å²) >= 11 is 0. The summed E-state index contributed by atoms with van der Waals surface area (Å²) < 4.78 is 0. The second-order valence-corrected chi connectivity index (χ2v) is 7.24. The van der Waals surface area contributed by atoms with Crippen molar-refractivity contribution in [2.24, 2.45) is 0 Å². The van der Waals surface area contributed by atoms with Crippen molar-refractivity contribution in [1.29, 1.82) is 0 Å². The summed E-state index contributed by atoms with van der Waals surface area (Å²) in [6.07, 6.45) is 4.25. The fourth-order valence-corrected chi connectivity index (χ4v) is 3.90. The molecular weight excluding hydrogens is 362 g/mol. The van der Waals surface area contributed by atoms with Crippen molar-refractivity contribution >= 4 is 16.8 Å². The zero-order valence-electron chi connectivity index (χ0n) is 15.7. The molecule has 3 heterocycles. The molecule has 0 unspecified atom stereocenters. The van der Waals surface area contributed by atoms with E-state index in [0.717, 1.165) is 34.1 Å². The highest BCUT2D eigenvalue weighted by Gasteiger charge is 2.24. The number of nitrogens with zero attached hydrogens (tertiary/aromatic N) is 3. The molecule has 1 aliphatic heterocycles. The number of hydrogen-bond donors (Lipinski definition) is 1. The van der Waals surface area contributed by atoms with Gasteiger partial charge in [-0.15, -0.1) is 0 Å². The first-order chi connectivity index (χ1) is 14.2. The lowest BCUT2D eigenvalue weighted by atomic mass is 9.98. The van der Waals surface area contributed by atoms with E-state index in [9.17, 15) is 9.90 Å². The van der Waals surface area contributed by atoms with Crippen molar-refractivity contribution < 1.29 is 9.90 Å². The van der Waals surface area contributed by atoms with E-state index >= 15 is 0 Å². The molecule has 4 aromatic rings. The Morgan fingerprint density at radius 3 is 2.76 bits per heavy atom. The third-order valence-corrected chi connectivity index (χ3v) is 5.39. The standard InChI is InChI=1S/C24H19N3O2/c28-19-8-7-16-9-11-27(15-18(16)12-19)24(29)21-13-23(17-4-3-10-25-14-17)26-22-6-2-1-5-20(21)22/h1-8,10,12-14,28H,9,11,15H2. The monoisotopic (exact) mass is 381 g/mol. The number of fused-ring (bicyclic) bond motifs is 2. The fraction of sp³-hybridized carbons (Fsp3) is 0.125. The molecule has 1 N–H and O–H groups in total. The van der Waals surface area contributed by atoms with Crippen molar-refractivity contribution in [3.63, 3.8) is 0 Å². The fourth-order valence-electron chi connectivity index (χ4n) is 3.90. The number of aromatic hydroxyl groups is 1. The van der Waals surface area contributed by atoms with Gasteiger partial charge in [0.25, 0.3) is 5.91 Å². The van der Waals surface area contributed by atoms with Crippen LogP contribution in [-0.4, -0.2) is 32.4 Å². The molecule has 0 aliphatic carbocycles. The van der Waals surface area contributed by atoms with Crippen molar-refractivity contribution in [2.75, 3.05) is 6.54 Å². The van der Waals surface area contributed by atoms with E-state index in [2.05, 4.69) is 4.98 Å². The smallest absolute Gasteiger partial charge is 0.254 e. The maximum atomic E-state index is 13.5. The van der Waals surface area contributed by atoms with Crippen LogP contribution in [0.4, 0.5) is 0 Å². The first kappa shape index (κ1) is 17.4. The number of phenols is 1. The lowest BCUT2D eigenvalue weighted by Crippen LogP contribution is -2.36. The van der Waals surface area contributed by atoms with Crippen LogP contribution in [0.2, 0.25) is 0 Å². The third-order valence-electron chi connectivity index (χ3n) is 5.39. The van der Waals surface area contributed by atoms with Gasteiger partial charge in [0.05, 0.1) is 16.8 Å². The number of hydrogen-bond acceptors (Lipinski definition) is 4. The molecule has 0 fully saturated rings. The minimum Gasteiger partial charge on any atom is -0.508 e. The van der Waals surface area contributed by atoms with Crippen LogP contribution in [0.3, 0.4) is 0 Å². The Morgan fingerprint density at radius 1 is 1.00 bits per heavy atom. The molecule has 2 aromatic carbocycles. The first-order valence-corrected chi connectivity index (χ1v) is 9.59. The lowest BCUT2D eigenvalue weighted by molar-refractivity contribution is 0.0736. The molecule has 2 aromatic heterocycles. The summed E-state index contributed by atoms with van der Waals surface area (Å²) in [4.78, 5) is 24.3. The second-order valence-electron chi connectivity index (χ2n) is 7.24. The Balaban J connectivity index is 1.58. The van der Waals surface area contributed by atoms with Crippen LogP contribution in [0.5, 0.6) is 5.75 Å². The average Bonchev–Trinajstić information content (AvgIpc) is 2.78. The van der Waals surface area contributed by atoms with E-state index in [4.69, 9.17) is 4.98 Å². The highest BCUT2D eigenvalue weighted by molar-refractivity contribution is 6.07. The van der Waals surface area contributed by atoms with E-state index in [1.165, 1.54) is 5.56 Å². The van der Waals surface area contributed by atoms with E-state index in [0.29, 0.717) is 18.7 Å². The van der Waals surface area contributed by atoms with Crippen LogP contribution < -0.4 is 0 Å². The van der Waals surface area contributed by atoms with Crippen LogP contribution in [0.1, 0.15) is 21.5 Å². The molecule has 0 atom stereocenters. The maximum Gasteiger partial charge on any atom is 0.254 e. The van der Waals surface area contributed by atoms with Crippen molar-refractivity contribution in [3.05, 3.63) is 89.7 Å². The zero-order chi connectivity index (χ0) is 19.8. The van der Waals surface area contributed by atoms with Crippen LogP contribution in [-0.2, 0) is 13.0 Å².